The van der Waals surface area contributed by atoms with Gasteiger partial charge in [0.05, 0.1) is 12.1 Å². The van der Waals surface area contributed by atoms with Crippen molar-refractivity contribution in [2.24, 2.45) is 0 Å². The fraction of sp³-hybridized carbons (Fsp3) is 0.200. The number of para-hydroxylation sites is 1. The Morgan fingerprint density at radius 3 is 2.80 bits per heavy atom. The molecule has 1 aromatic heterocycles. The summed E-state index contributed by atoms with van der Waals surface area (Å²) in [7, 11) is 0. The summed E-state index contributed by atoms with van der Waals surface area (Å²) in [6, 6.07) is 17.4. The highest BCUT2D eigenvalue weighted by molar-refractivity contribution is 6.30. The molecule has 1 aliphatic rings. The molecular weight excluding hydrogens is 336 g/mol. The lowest BCUT2D eigenvalue weighted by atomic mass is 10.1. The van der Waals surface area contributed by atoms with Gasteiger partial charge in [-0.1, -0.05) is 35.0 Å². The largest absolute Gasteiger partial charge is 0.356 e. The Morgan fingerprint density at radius 2 is 2.00 bits per heavy atom. The highest BCUT2D eigenvalue weighted by Crippen LogP contribution is 2.32. The highest BCUT2D eigenvalue weighted by atomic mass is 35.5. The molecule has 2 aromatic carbocycles. The SMILES string of the molecule is CC1Cc2ccccc2N1C(=O)Cc1cc(-c2ccc(Cl)cc2)on1. The molecule has 1 atom stereocenters. The average molecular weight is 353 g/mol. The third kappa shape index (κ3) is 3.05. The van der Waals surface area contributed by atoms with Gasteiger partial charge >= 0.3 is 0 Å². The van der Waals surface area contributed by atoms with Crippen LogP contribution in [0.25, 0.3) is 11.3 Å². The Bertz CT molecular complexity index is 917. The van der Waals surface area contributed by atoms with Crippen molar-refractivity contribution in [1.82, 2.24) is 5.16 Å². The number of halogens is 1. The summed E-state index contributed by atoms with van der Waals surface area (Å²) >= 11 is 5.90. The number of carbonyl (C=O) groups excluding carboxylic acids is 1. The van der Waals surface area contributed by atoms with Gasteiger partial charge in [0.25, 0.3) is 0 Å². The predicted molar refractivity (Wildman–Crippen MR) is 97.7 cm³/mol. The molecule has 0 saturated heterocycles. The molecule has 4 rings (SSSR count). The molecular formula is C20H17ClN2O2. The van der Waals surface area contributed by atoms with Gasteiger partial charge in [0.1, 0.15) is 0 Å². The van der Waals surface area contributed by atoms with Crippen LogP contribution in [0.5, 0.6) is 0 Å². The van der Waals surface area contributed by atoms with Crippen LogP contribution >= 0.6 is 11.6 Å². The highest BCUT2D eigenvalue weighted by Gasteiger charge is 2.30. The van der Waals surface area contributed by atoms with Crippen LogP contribution in [0.3, 0.4) is 0 Å². The Balaban J connectivity index is 1.53. The van der Waals surface area contributed by atoms with E-state index < -0.39 is 0 Å². The van der Waals surface area contributed by atoms with E-state index in [1.807, 2.05) is 41.3 Å². The van der Waals surface area contributed by atoms with Crippen LogP contribution in [0.1, 0.15) is 18.2 Å². The lowest BCUT2D eigenvalue weighted by Crippen LogP contribution is -2.36. The molecule has 0 spiro atoms. The zero-order chi connectivity index (χ0) is 17.4. The molecule has 0 radical (unpaired) electrons. The van der Waals surface area contributed by atoms with Crippen molar-refractivity contribution in [3.63, 3.8) is 0 Å². The minimum Gasteiger partial charge on any atom is -0.356 e. The normalized spacial score (nSPS) is 16.1. The average Bonchev–Trinajstić information content (AvgIpc) is 3.18. The van der Waals surface area contributed by atoms with Crippen LogP contribution in [0.2, 0.25) is 5.02 Å². The summed E-state index contributed by atoms with van der Waals surface area (Å²) in [5.41, 5.74) is 3.73. The number of rotatable bonds is 3. The maximum atomic E-state index is 12.8. The van der Waals surface area contributed by atoms with Gasteiger partial charge in [-0.2, -0.15) is 0 Å². The van der Waals surface area contributed by atoms with Crippen molar-refractivity contribution >= 4 is 23.2 Å². The first-order chi connectivity index (χ1) is 12.1. The van der Waals surface area contributed by atoms with Gasteiger partial charge in [0, 0.05) is 28.4 Å². The van der Waals surface area contributed by atoms with E-state index in [0.717, 1.165) is 17.7 Å². The molecule has 3 aromatic rings. The summed E-state index contributed by atoms with van der Waals surface area (Å²) in [4.78, 5) is 14.7. The van der Waals surface area contributed by atoms with Crippen molar-refractivity contribution in [2.75, 3.05) is 4.90 Å². The second-order valence-electron chi connectivity index (χ2n) is 6.31. The molecule has 0 bridgehead atoms. The zero-order valence-electron chi connectivity index (χ0n) is 13.8. The van der Waals surface area contributed by atoms with Gasteiger partial charge in [-0.05, 0) is 49.2 Å². The second kappa shape index (κ2) is 6.37. The smallest absolute Gasteiger partial charge is 0.233 e. The number of carbonyl (C=O) groups is 1. The lowest BCUT2D eigenvalue weighted by Gasteiger charge is -2.22. The Morgan fingerprint density at radius 1 is 1.24 bits per heavy atom. The molecule has 1 aliphatic heterocycles. The standard InChI is InChI=1S/C20H17ClN2O2/c1-13-10-15-4-2-3-5-18(15)23(13)20(24)12-17-11-19(25-22-17)14-6-8-16(21)9-7-14/h2-9,11,13H,10,12H2,1H3. The quantitative estimate of drug-likeness (QED) is 0.696. The van der Waals surface area contributed by atoms with E-state index in [1.165, 1.54) is 5.56 Å². The van der Waals surface area contributed by atoms with Crippen LogP contribution in [0.4, 0.5) is 5.69 Å². The monoisotopic (exact) mass is 352 g/mol. The Kier molecular flexibility index (Phi) is 4.06. The first-order valence-electron chi connectivity index (χ1n) is 8.23. The van der Waals surface area contributed by atoms with Crippen molar-refractivity contribution in [3.05, 3.63) is 70.9 Å². The van der Waals surface area contributed by atoms with Gasteiger partial charge < -0.3 is 9.42 Å². The van der Waals surface area contributed by atoms with Crippen LogP contribution in [-0.4, -0.2) is 17.1 Å². The molecule has 0 aliphatic carbocycles. The Hall–Kier alpha value is -2.59. The van der Waals surface area contributed by atoms with Crippen LogP contribution in [-0.2, 0) is 17.6 Å². The van der Waals surface area contributed by atoms with Gasteiger partial charge in [0.2, 0.25) is 5.91 Å². The number of aromatic nitrogens is 1. The van der Waals surface area contributed by atoms with Gasteiger partial charge in [-0.3, -0.25) is 4.79 Å². The first-order valence-corrected chi connectivity index (χ1v) is 8.61. The molecule has 5 heteroatoms. The number of anilines is 1. The van der Waals surface area contributed by atoms with Crippen molar-refractivity contribution in [2.45, 2.75) is 25.8 Å². The van der Waals surface area contributed by atoms with E-state index in [0.29, 0.717) is 16.5 Å². The number of fused-ring (bicyclic) bond motifs is 1. The topological polar surface area (TPSA) is 46.3 Å². The van der Waals surface area contributed by atoms with Crippen molar-refractivity contribution in [1.29, 1.82) is 0 Å². The molecule has 0 N–H and O–H groups in total. The summed E-state index contributed by atoms with van der Waals surface area (Å²) in [6.45, 7) is 2.07. The van der Waals surface area contributed by atoms with E-state index in [2.05, 4.69) is 18.1 Å². The molecule has 126 valence electrons. The number of benzene rings is 2. The summed E-state index contributed by atoms with van der Waals surface area (Å²) in [6.07, 6.45) is 1.10. The number of hydrogen-bond donors (Lipinski definition) is 0. The molecule has 1 amide bonds. The van der Waals surface area contributed by atoms with Crippen molar-refractivity contribution in [3.8, 4) is 11.3 Å². The number of hydrogen-bond acceptors (Lipinski definition) is 3. The predicted octanol–water partition coefficient (Wildman–Crippen LogP) is 4.52. The molecule has 1 unspecified atom stereocenters. The van der Waals surface area contributed by atoms with E-state index in [9.17, 15) is 4.79 Å². The molecule has 2 heterocycles. The molecule has 0 fully saturated rings. The fourth-order valence-electron chi connectivity index (χ4n) is 3.33. The lowest BCUT2D eigenvalue weighted by molar-refractivity contribution is -0.118. The summed E-state index contributed by atoms with van der Waals surface area (Å²) in [5.74, 6) is 0.669. The minimum absolute atomic E-state index is 0.0356. The third-order valence-corrected chi connectivity index (χ3v) is 4.75. The second-order valence-corrected chi connectivity index (χ2v) is 6.75. The van der Waals surface area contributed by atoms with Gasteiger partial charge in [0.15, 0.2) is 5.76 Å². The number of amides is 1. The van der Waals surface area contributed by atoms with Gasteiger partial charge in [-0.15, -0.1) is 0 Å². The van der Waals surface area contributed by atoms with Crippen molar-refractivity contribution < 1.29 is 9.32 Å². The Labute approximate surface area is 151 Å². The van der Waals surface area contributed by atoms with Gasteiger partial charge in [-0.25, -0.2) is 0 Å². The van der Waals surface area contributed by atoms with E-state index in [-0.39, 0.29) is 18.4 Å². The maximum Gasteiger partial charge on any atom is 0.233 e. The van der Waals surface area contributed by atoms with E-state index in [1.54, 1.807) is 12.1 Å². The van der Waals surface area contributed by atoms with Crippen LogP contribution in [0, 0.1) is 0 Å². The summed E-state index contributed by atoms with van der Waals surface area (Å²) < 4.78 is 5.39. The molecule has 4 nitrogen and oxygen atoms in total. The zero-order valence-corrected chi connectivity index (χ0v) is 14.5. The maximum absolute atomic E-state index is 12.8. The number of nitrogens with zero attached hydrogens (tertiary/aromatic N) is 2. The van der Waals surface area contributed by atoms with Crippen LogP contribution in [0.15, 0.2) is 59.1 Å². The van der Waals surface area contributed by atoms with Crippen LogP contribution < -0.4 is 4.90 Å². The summed E-state index contributed by atoms with van der Waals surface area (Å²) in [5, 5.41) is 4.72. The first kappa shape index (κ1) is 15.9. The molecule has 0 saturated carbocycles. The molecule has 25 heavy (non-hydrogen) atoms. The van der Waals surface area contributed by atoms with E-state index in [4.69, 9.17) is 16.1 Å². The fourth-order valence-corrected chi connectivity index (χ4v) is 3.46. The third-order valence-electron chi connectivity index (χ3n) is 4.50. The minimum atomic E-state index is 0.0356. The van der Waals surface area contributed by atoms with E-state index >= 15 is 0 Å².